The van der Waals surface area contributed by atoms with Crippen LogP contribution < -0.4 is 5.32 Å². The number of likely N-dealkylation sites (tertiary alicyclic amines) is 1. The van der Waals surface area contributed by atoms with Crippen molar-refractivity contribution in [1.29, 1.82) is 0 Å². The lowest BCUT2D eigenvalue weighted by molar-refractivity contribution is -0.120. The summed E-state index contributed by atoms with van der Waals surface area (Å²) in [7, 11) is 1.59. The van der Waals surface area contributed by atoms with Crippen molar-refractivity contribution in [2.45, 2.75) is 18.6 Å². The second-order valence-corrected chi connectivity index (χ2v) is 3.32. The standard InChI is InChI=1S/C8H16N2O3/c1-9-8(13)2-3-10-4-6(11)7(12)5-10/h6-7,11-12H,2-5H2,1H3,(H,9,13)/t6-,7+. The highest BCUT2D eigenvalue weighted by molar-refractivity contribution is 5.75. The highest BCUT2D eigenvalue weighted by Gasteiger charge is 2.29. The Balaban J connectivity index is 2.20. The number of nitrogens with zero attached hydrogens (tertiary/aromatic N) is 1. The molecule has 0 unspecified atom stereocenters. The smallest absolute Gasteiger partial charge is 0.221 e. The quantitative estimate of drug-likeness (QED) is 0.486. The van der Waals surface area contributed by atoms with Crippen LogP contribution in [-0.2, 0) is 4.79 Å². The fraction of sp³-hybridized carbons (Fsp3) is 0.875. The number of aliphatic hydroxyl groups is 2. The molecule has 0 aliphatic carbocycles. The third-order valence-electron chi connectivity index (χ3n) is 2.27. The van der Waals surface area contributed by atoms with Crippen molar-refractivity contribution in [3.63, 3.8) is 0 Å². The molecule has 1 saturated heterocycles. The molecule has 2 atom stereocenters. The van der Waals surface area contributed by atoms with Gasteiger partial charge in [0.1, 0.15) is 0 Å². The molecular formula is C8H16N2O3. The van der Waals surface area contributed by atoms with Crippen molar-refractivity contribution in [3.05, 3.63) is 0 Å². The van der Waals surface area contributed by atoms with Gasteiger partial charge in [0.05, 0.1) is 12.2 Å². The summed E-state index contributed by atoms with van der Waals surface area (Å²) in [6.07, 6.45) is -0.912. The Hall–Kier alpha value is -0.650. The van der Waals surface area contributed by atoms with Crippen LogP contribution in [0.4, 0.5) is 0 Å². The number of carbonyl (C=O) groups is 1. The zero-order valence-corrected chi connectivity index (χ0v) is 7.73. The summed E-state index contributed by atoms with van der Waals surface area (Å²) in [5.41, 5.74) is 0. The van der Waals surface area contributed by atoms with Crippen LogP contribution in [0.5, 0.6) is 0 Å². The van der Waals surface area contributed by atoms with Gasteiger partial charge in [-0.2, -0.15) is 0 Å². The first-order chi connectivity index (χ1) is 6.13. The largest absolute Gasteiger partial charge is 0.389 e. The minimum absolute atomic E-state index is 0.0177. The first kappa shape index (κ1) is 10.4. The Kier molecular flexibility index (Phi) is 3.65. The highest BCUT2D eigenvalue weighted by Crippen LogP contribution is 2.09. The van der Waals surface area contributed by atoms with Gasteiger partial charge >= 0.3 is 0 Å². The summed E-state index contributed by atoms with van der Waals surface area (Å²) in [6.45, 7) is 1.50. The van der Waals surface area contributed by atoms with Crippen LogP contribution in [0.3, 0.4) is 0 Å². The van der Waals surface area contributed by atoms with Crippen LogP contribution in [0.1, 0.15) is 6.42 Å². The molecule has 5 heteroatoms. The maximum atomic E-state index is 10.9. The Labute approximate surface area is 77.3 Å². The van der Waals surface area contributed by atoms with Crippen LogP contribution in [0.15, 0.2) is 0 Å². The number of hydrogen-bond donors (Lipinski definition) is 3. The molecule has 1 aliphatic rings. The number of rotatable bonds is 3. The molecule has 1 heterocycles. The lowest BCUT2D eigenvalue weighted by Crippen LogP contribution is -2.28. The summed E-state index contributed by atoms with van der Waals surface area (Å²) in [5.74, 6) is -0.0177. The van der Waals surface area contributed by atoms with Gasteiger partial charge in [-0.25, -0.2) is 0 Å². The lowest BCUT2D eigenvalue weighted by atomic mass is 10.3. The molecule has 1 amide bonds. The third kappa shape index (κ3) is 2.95. The van der Waals surface area contributed by atoms with Crippen molar-refractivity contribution >= 4 is 5.91 Å². The van der Waals surface area contributed by atoms with Gasteiger partial charge in [0.25, 0.3) is 0 Å². The van der Waals surface area contributed by atoms with E-state index in [-0.39, 0.29) is 5.91 Å². The van der Waals surface area contributed by atoms with Crippen molar-refractivity contribution in [1.82, 2.24) is 10.2 Å². The molecule has 1 fully saturated rings. The molecule has 3 N–H and O–H groups in total. The number of aliphatic hydroxyl groups excluding tert-OH is 2. The molecule has 0 bridgehead atoms. The number of nitrogens with one attached hydrogen (secondary N) is 1. The molecular weight excluding hydrogens is 172 g/mol. The topological polar surface area (TPSA) is 72.8 Å². The van der Waals surface area contributed by atoms with Crippen LogP contribution in [-0.4, -0.2) is 59.9 Å². The maximum absolute atomic E-state index is 10.9. The molecule has 76 valence electrons. The van der Waals surface area contributed by atoms with Gasteiger partial charge in [-0.15, -0.1) is 0 Å². The Morgan fingerprint density at radius 2 is 2.00 bits per heavy atom. The van der Waals surface area contributed by atoms with Crippen molar-refractivity contribution < 1.29 is 15.0 Å². The van der Waals surface area contributed by atoms with Crippen molar-refractivity contribution in [2.24, 2.45) is 0 Å². The van der Waals surface area contributed by atoms with E-state index < -0.39 is 12.2 Å². The zero-order valence-electron chi connectivity index (χ0n) is 7.73. The van der Waals surface area contributed by atoms with Crippen molar-refractivity contribution in [2.75, 3.05) is 26.7 Å². The summed E-state index contributed by atoms with van der Waals surface area (Å²) >= 11 is 0. The van der Waals surface area contributed by atoms with Gasteiger partial charge in [0, 0.05) is 33.1 Å². The predicted molar refractivity (Wildman–Crippen MR) is 47.1 cm³/mol. The van der Waals surface area contributed by atoms with E-state index in [2.05, 4.69) is 5.32 Å². The molecule has 1 aliphatic heterocycles. The minimum Gasteiger partial charge on any atom is -0.389 e. The van der Waals surface area contributed by atoms with Gasteiger partial charge < -0.3 is 15.5 Å². The normalized spacial score (nSPS) is 29.2. The molecule has 0 aromatic heterocycles. The van der Waals surface area contributed by atoms with E-state index in [1.54, 1.807) is 7.05 Å². The summed E-state index contributed by atoms with van der Waals surface area (Å²) < 4.78 is 0. The van der Waals surface area contributed by atoms with E-state index in [4.69, 9.17) is 0 Å². The van der Waals surface area contributed by atoms with Crippen LogP contribution in [0.25, 0.3) is 0 Å². The van der Waals surface area contributed by atoms with Gasteiger partial charge in [-0.3, -0.25) is 9.69 Å². The van der Waals surface area contributed by atoms with E-state index in [1.165, 1.54) is 0 Å². The summed E-state index contributed by atoms with van der Waals surface area (Å²) in [5, 5.41) is 20.9. The average molecular weight is 188 g/mol. The predicted octanol–water partition coefficient (Wildman–Crippen LogP) is -1.84. The number of β-amino-alcohol motifs (C(OH)–C–C–N with tert-alkyl or cyclic N) is 2. The summed E-state index contributed by atoms with van der Waals surface area (Å²) in [6, 6.07) is 0. The SMILES string of the molecule is CNC(=O)CCN1C[C@@H](O)[C@@H](O)C1. The second-order valence-electron chi connectivity index (χ2n) is 3.32. The van der Waals surface area contributed by atoms with Gasteiger partial charge in [0.15, 0.2) is 0 Å². The number of hydrogen-bond acceptors (Lipinski definition) is 4. The van der Waals surface area contributed by atoms with Gasteiger partial charge in [0.2, 0.25) is 5.91 Å². The fourth-order valence-corrected chi connectivity index (χ4v) is 1.41. The lowest BCUT2D eigenvalue weighted by Gasteiger charge is -2.13. The maximum Gasteiger partial charge on any atom is 0.221 e. The molecule has 0 radical (unpaired) electrons. The first-order valence-corrected chi connectivity index (χ1v) is 4.42. The summed E-state index contributed by atoms with van der Waals surface area (Å²) in [4.78, 5) is 12.7. The minimum atomic E-state index is -0.662. The van der Waals surface area contributed by atoms with E-state index in [0.717, 1.165) is 0 Å². The Morgan fingerprint density at radius 3 is 2.46 bits per heavy atom. The highest BCUT2D eigenvalue weighted by atomic mass is 16.3. The number of carbonyl (C=O) groups excluding carboxylic acids is 1. The Bertz CT molecular complexity index is 176. The molecule has 0 aromatic carbocycles. The molecule has 5 nitrogen and oxygen atoms in total. The van der Waals surface area contributed by atoms with Gasteiger partial charge in [-0.1, -0.05) is 0 Å². The van der Waals surface area contributed by atoms with E-state index >= 15 is 0 Å². The molecule has 0 spiro atoms. The fourth-order valence-electron chi connectivity index (χ4n) is 1.41. The molecule has 13 heavy (non-hydrogen) atoms. The van der Waals surface area contributed by atoms with Crippen LogP contribution in [0, 0.1) is 0 Å². The zero-order chi connectivity index (χ0) is 9.84. The Morgan fingerprint density at radius 1 is 1.46 bits per heavy atom. The van der Waals surface area contributed by atoms with Gasteiger partial charge in [-0.05, 0) is 0 Å². The number of amides is 1. The monoisotopic (exact) mass is 188 g/mol. The second kappa shape index (κ2) is 4.55. The van der Waals surface area contributed by atoms with E-state index in [9.17, 15) is 15.0 Å². The average Bonchev–Trinajstić information content (AvgIpc) is 2.42. The third-order valence-corrected chi connectivity index (χ3v) is 2.27. The molecule has 0 saturated carbocycles. The van der Waals surface area contributed by atoms with Crippen molar-refractivity contribution in [3.8, 4) is 0 Å². The van der Waals surface area contributed by atoms with E-state index in [0.29, 0.717) is 26.1 Å². The first-order valence-electron chi connectivity index (χ1n) is 4.42. The van der Waals surface area contributed by atoms with Crippen LogP contribution >= 0.6 is 0 Å². The molecule has 1 rings (SSSR count). The van der Waals surface area contributed by atoms with Crippen LogP contribution in [0.2, 0.25) is 0 Å². The molecule has 0 aromatic rings. The van der Waals surface area contributed by atoms with E-state index in [1.807, 2.05) is 4.90 Å².